The number of benzene rings is 1. The lowest BCUT2D eigenvalue weighted by Crippen LogP contribution is -2.49. The number of amides is 2. The first-order chi connectivity index (χ1) is 9.93. The molecule has 1 aromatic carbocycles. The first-order valence-electron chi connectivity index (χ1n) is 7.04. The molecule has 0 saturated heterocycles. The highest BCUT2D eigenvalue weighted by Crippen LogP contribution is 2.33. The van der Waals surface area contributed by atoms with Crippen molar-refractivity contribution >= 4 is 17.7 Å². The number of phenols is 1. The Hall–Kier alpha value is -2.24. The van der Waals surface area contributed by atoms with Crippen molar-refractivity contribution in [1.29, 1.82) is 0 Å². The Morgan fingerprint density at radius 2 is 2.10 bits per heavy atom. The fourth-order valence-corrected chi connectivity index (χ4v) is 2.33. The molecule has 1 aliphatic carbocycles. The molecule has 3 N–H and O–H groups in total. The Bertz CT molecular complexity index is 555. The minimum atomic E-state index is -1.01. The molecule has 114 valence electrons. The van der Waals surface area contributed by atoms with Crippen molar-refractivity contribution < 1.29 is 19.8 Å². The van der Waals surface area contributed by atoms with Crippen LogP contribution in [0.25, 0.3) is 0 Å². The molecule has 1 fully saturated rings. The Kier molecular flexibility index (Phi) is 4.35. The molecule has 2 rings (SSSR count). The van der Waals surface area contributed by atoms with Crippen molar-refractivity contribution in [2.24, 2.45) is 5.92 Å². The molecule has 2 amide bonds. The maximum atomic E-state index is 12.4. The smallest absolute Gasteiger partial charge is 0.326 e. The van der Waals surface area contributed by atoms with Crippen LogP contribution in [0.1, 0.15) is 25.3 Å². The average Bonchev–Trinajstić information content (AvgIpc) is 3.25. The number of hydrogen-bond donors (Lipinski definition) is 3. The number of carbonyl (C=O) groups excluding carboxylic acids is 1. The maximum absolute atomic E-state index is 12.4. The third-order valence-electron chi connectivity index (χ3n) is 3.68. The van der Waals surface area contributed by atoms with Crippen LogP contribution in [0.5, 0.6) is 5.75 Å². The lowest BCUT2D eigenvalue weighted by Gasteiger charge is -2.25. The van der Waals surface area contributed by atoms with Gasteiger partial charge in [-0.15, -0.1) is 0 Å². The normalized spacial score (nSPS) is 15.3. The van der Waals surface area contributed by atoms with E-state index in [9.17, 15) is 19.8 Å². The molecule has 0 bridgehead atoms. The molecule has 0 radical (unpaired) electrons. The second-order valence-corrected chi connectivity index (χ2v) is 5.32. The largest absolute Gasteiger partial charge is 0.508 e. The number of urea groups is 1. The van der Waals surface area contributed by atoms with Gasteiger partial charge >= 0.3 is 12.0 Å². The van der Waals surface area contributed by atoms with E-state index < -0.39 is 18.0 Å². The zero-order valence-electron chi connectivity index (χ0n) is 12.2. The molecular formula is C15H20N2O4. The van der Waals surface area contributed by atoms with E-state index in [0.29, 0.717) is 12.2 Å². The molecule has 0 spiro atoms. The van der Waals surface area contributed by atoms with Gasteiger partial charge < -0.3 is 15.5 Å². The molecule has 0 aliphatic heterocycles. The molecule has 1 atom stereocenters. The van der Waals surface area contributed by atoms with Gasteiger partial charge in [-0.2, -0.15) is 0 Å². The van der Waals surface area contributed by atoms with E-state index in [1.54, 1.807) is 19.1 Å². The summed E-state index contributed by atoms with van der Waals surface area (Å²) >= 11 is 0. The molecule has 0 heterocycles. The van der Waals surface area contributed by atoms with Gasteiger partial charge in [0.15, 0.2) is 0 Å². The Morgan fingerprint density at radius 1 is 1.43 bits per heavy atom. The molecular weight excluding hydrogens is 272 g/mol. The molecule has 1 unspecified atom stereocenters. The van der Waals surface area contributed by atoms with E-state index in [1.807, 2.05) is 6.92 Å². The van der Waals surface area contributed by atoms with Gasteiger partial charge in [0.1, 0.15) is 11.8 Å². The number of nitrogens with zero attached hydrogens (tertiary/aromatic N) is 1. The number of rotatable bonds is 5. The Balaban J connectivity index is 2.18. The van der Waals surface area contributed by atoms with Crippen LogP contribution in [-0.2, 0) is 4.79 Å². The number of hydrogen-bond acceptors (Lipinski definition) is 3. The predicted octanol–water partition coefficient (Wildman–Crippen LogP) is 2.10. The molecule has 21 heavy (non-hydrogen) atoms. The van der Waals surface area contributed by atoms with Crippen LogP contribution < -0.4 is 10.2 Å². The number of carbonyl (C=O) groups is 2. The highest BCUT2D eigenvalue weighted by atomic mass is 16.4. The average molecular weight is 292 g/mol. The van der Waals surface area contributed by atoms with E-state index >= 15 is 0 Å². The second-order valence-electron chi connectivity index (χ2n) is 5.32. The number of aliphatic carboxylic acids is 1. The van der Waals surface area contributed by atoms with Crippen molar-refractivity contribution in [3.8, 4) is 5.75 Å². The lowest BCUT2D eigenvalue weighted by atomic mass is 10.1. The van der Waals surface area contributed by atoms with Crippen LogP contribution in [0, 0.1) is 12.8 Å². The Labute approximate surface area is 123 Å². The van der Waals surface area contributed by atoms with Crippen molar-refractivity contribution in [3.63, 3.8) is 0 Å². The molecule has 0 aromatic heterocycles. The van der Waals surface area contributed by atoms with Crippen LogP contribution >= 0.6 is 0 Å². The van der Waals surface area contributed by atoms with Gasteiger partial charge in [0.2, 0.25) is 0 Å². The molecule has 1 aromatic rings. The van der Waals surface area contributed by atoms with E-state index in [4.69, 9.17) is 0 Å². The van der Waals surface area contributed by atoms with Gasteiger partial charge in [-0.1, -0.05) is 6.07 Å². The van der Waals surface area contributed by atoms with E-state index in [0.717, 1.165) is 18.4 Å². The summed E-state index contributed by atoms with van der Waals surface area (Å²) in [7, 11) is 0. The van der Waals surface area contributed by atoms with Gasteiger partial charge in [-0.3, -0.25) is 4.90 Å². The minimum absolute atomic E-state index is 0.0235. The van der Waals surface area contributed by atoms with Crippen molar-refractivity contribution in [1.82, 2.24) is 5.32 Å². The topological polar surface area (TPSA) is 89.9 Å². The number of anilines is 1. The van der Waals surface area contributed by atoms with Crippen molar-refractivity contribution in [2.45, 2.75) is 32.7 Å². The minimum Gasteiger partial charge on any atom is -0.508 e. The second kappa shape index (κ2) is 6.03. The summed E-state index contributed by atoms with van der Waals surface area (Å²) in [4.78, 5) is 25.0. The summed E-state index contributed by atoms with van der Waals surface area (Å²) in [6, 6.07) is 3.48. The standard InChI is InChI=1S/C15H20N2O4/c1-3-17(12-8-11(18)7-4-9(12)2)15(21)16-13(14(19)20)10-5-6-10/h4,7-8,10,13,18H,3,5-6H2,1-2H3,(H,16,21)(H,19,20). The quantitative estimate of drug-likeness (QED) is 0.775. The molecule has 1 aliphatic rings. The highest BCUT2D eigenvalue weighted by Gasteiger charge is 2.38. The van der Waals surface area contributed by atoms with Crippen LogP contribution in [0.15, 0.2) is 18.2 Å². The first-order valence-corrected chi connectivity index (χ1v) is 7.04. The van der Waals surface area contributed by atoms with E-state index in [-0.39, 0.29) is 11.7 Å². The van der Waals surface area contributed by atoms with Gasteiger partial charge in [0, 0.05) is 12.6 Å². The summed E-state index contributed by atoms with van der Waals surface area (Å²) in [6.45, 7) is 4.02. The Morgan fingerprint density at radius 3 is 2.62 bits per heavy atom. The van der Waals surface area contributed by atoms with Crippen LogP contribution in [0.2, 0.25) is 0 Å². The molecule has 6 nitrogen and oxygen atoms in total. The third-order valence-corrected chi connectivity index (χ3v) is 3.68. The van der Waals surface area contributed by atoms with Crippen molar-refractivity contribution in [2.75, 3.05) is 11.4 Å². The number of phenolic OH excluding ortho intramolecular Hbond substituents is 1. The number of aryl methyl sites for hydroxylation is 1. The summed E-state index contributed by atoms with van der Waals surface area (Å²) in [5, 5.41) is 21.3. The number of aromatic hydroxyl groups is 1. The van der Waals surface area contributed by atoms with E-state index in [1.165, 1.54) is 11.0 Å². The number of nitrogens with one attached hydrogen (secondary N) is 1. The van der Waals surface area contributed by atoms with Crippen LogP contribution in [-0.4, -0.2) is 34.8 Å². The number of carboxylic acids is 1. The zero-order valence-corrected chi connectivity index (χ0v) is 12.2. The predicted molar refractivity (Wildman–Crippen MR) is 78.5 cm³/mol. The zero-order chi connectivity index (χ0) is 15.6. The van der Waals surface area contributed by atoms with Gasteiger partial charge in [0.05, 0.1) is 5.69 Å². The monoisotopic (exact) mass is 292 g/mol. The first kappa shape index (κ1) is 15.2. The lowest BCUT2D eigenvalue weighted by molar-refractivity contribution is -0.139. The van der Waals surface area contributed by atoms with Crippen molar-refractivity contribution in [3.05, 3.63) is 23.8 Å². The molecule has 1 saturated carbocycles. The van der Waals surface area contributed by atoms with Crippen LogP contribution in [0.4, 0.5) is 10.5 Å². The van der Waals surface area contributed by atoms with Gasteiger partial charge in [-0.05, 0) is 44.2 Å². The highest BCUT2D eigenvalue weighted by molar-refractivity contribution is 5.95. The summed E-state index contributed by atoms with van der Waals surface area (Å²) in [5.74, 6) is -0.913. The molecule has 6 heteroatoms. The third kappa shape index (κ3) is 3.45. The van der Waals surface area contributed by atoms with Gasteiger partial charge in [0.25, 0.3) is 0 Å². The fourth-order valence-electron chi connectivity index (χ4n) is 2.33. The summed E-state index contributed by atoms with van der Waals surface area (Å²) in [5.41, 5.74) is 1.41. The maximum Gasteiger partial charge on any atom is 0.326 e. The van der Waals surface area contributed by atoms with E-state index in [2.05, 4.69) is 5.32 Å². The summed E-state index contributed by atoms with van der Waals surface area (Å²) in [6.07, 6.45) is 1.66. The summed E-state index contributed by atoms with van der Waals surface area (Å²) < 4.78 is 0. The van der Waals surface area contributed by atoms with Gasteiger partial charge in [-0.25, -0.2) is 9.59 Å². The number of carboxylic acid groups (broad SMARTS) is 1. The fraction of sp³-hybridized carbons (Fsp3) is 0.467. The SMILES string of the molecule is CCN(C(=O)NC(C(=O)O)C1CC1)c1cc(O)ccc1C. The van der Waals surface area contributed by atoms with Crippen LogP contribution in [0.3, 0.4) is 0 Å².